The standard InChI is InChI=1S/C19H12FN3O2S2/c20-13-5-7-16-17(11-13)27-19(22-16)23(21-12-14-3-1-9-25-14)18(24)8-6-15-4-2-10-26-15/h1-12H/b8-6+,21-12-. The third-order valence-electron chi connectivity index (χ3n) is 3.51. The van der Waals surface area contributed by atoms with Crippen molar-refractivity contribution in [2.75, 3.05) is 5.01 Å². The highest BCUT2D eigenvalue weighted by atomic mass is 32.1. The van der Waals surface area contributed by atoms with E-state index in [1.54, 1.807) is 24.3 Å². The molecule has 4 rings (SSSR count). The first-order valence-electron chi connectivity index (χ1n) is 7.88. The summed E-state index contributed by atoms with van der Waals surface area (Å²) in [5.74, 6) is -0.222. The highest BCUT2D eigenvalue weighted by Crippen LogP contribution is 2.30. The zero-order valence-electron chi connectivity index (χ0n) is 13.8. The molecule has 5 nitrogen and oxygen atoms in total. The number of halogens is 1. The van der Waals surface area contributed by atoms with E-state index < -0.39 is 0 Å². The van der Waals surface area contributed by atoms with Crippen molar-refractivity contribution in [2.45, 2.75) is 0 Å². The normalized spacial score (nSPS) is 11.7. The summed E-state index contributed by atoms with van der Waals surface area (Å²) in [6.07, 6.45) is 6.10. The molecule has 134 valence electrons. The minimum atomic E-state index is -0.370. The van der Waals surface area contributed by atoms with Crippen molar-refractivity contribution in [3.63, 3.8) is 0 Å². The van der Waals surface area contributed by atoms with Crippen molar-refractivity contribution in [3.8, 4) is 0 Å². The summed E-state index contributed by atoms with van der Waals surface area (Å²) < 4.78 is 19.3. The van der Waals surface area contributed by atoms with Crippen LogP contribution in [0.1, 0.15) is 10.6 Å². The van der Waals surface area contributed by atoms with Crippen LogP contribution in [0, 0.1) is 5.82 Å². The van der Waals surface area contributed by atoms with E-state index in [-0.39, 0.29) is 11.7 Å². The van der Waals surface area contributed by atoms with Crippen LogP contribution in [0.5, 0.6) is 0 Å². The number of thiazole rings is 1. The van der Waals surface area contributed by atoms with Crippen molar-refractivity contribution >= 4 is 56.2 Å². The van der Waals surface area contributed by atoms with Crippen LogP contribution in [0.4, 0.5) is 9.52 Å². The van der Waals surface area contributed by atoms with E-state index in [9.17, 15) is 9.18 Å². The predicted octanol–water partition coefficient (Wildman–Crippen LogP) is 5.17. The molecule has 0 aliphatic rings. The Hall–Kier alpha value is -3.10. The van der Waals surface area contributed by atoms with Crippen LogP contribution in [0.15, 0.2) is 69.7 Å². The molecule has 27 heavy (non-hydrogen) atoms. The Bertz CT molecular complexity index is 1120. The highest BCUT2D eigenvalue weighted by molar-refractivity contribution is 7.22. The van der Waals surface area contributed by atoms with E-state index in [0.717, 1.165) is 4.88 Å². The second-order valence-electron chi connectivity index (χ2n) is 5.37. The van der Waals surface area contributed by atoms with Crippen LogP contribution in [0.3, 0.4) is 0 Å². The van der Waals surface area contributed by atoms with E-state index in [4.69, 9.17) is 4.42 Å². The molecule has 1 amide bonds. The Morgan fingerprint density at radius 3 is 2.96 bits per heavy atom. The van der Waals surface area contributed by atoms with Gasteiger partial charge >= 0.3 is 0 Å². The van der Waals surface area contributed by atoms with E-state index >= 15 is 0 Å². The maximum absolute atomic E-state index is 13.5. The van der Waals surface area contributed by atoms with Gasteiger partial charge in [0.15, 0.2) is 0 Å². The number of fused-ring (bicyclic) bond motifs is 1. The van der Waals surface area contributed by atoms with Crippen LogP contribution in [-0.2, 0) is 4.79 Å². The van der Waals surface area contributed by atoms with Gasteiger partial charge in [-0.25, -0.2) is 9.37 Å². The molecular weight excluding hydrogens is 385 g/mol. The number of anilines is 1. The zero-order chi connectivity index (χ0) is 18.6. The summed E-state index contributed by atoms with van der Waals surface area (Å²) in [5, 5.41) is 7.68. The molecule has 0 bridgehead atoms. The third-order valence-corrected chi connectivity index (χ3v) is 5.34. The Balaban J connectivity index is 1.68. The fraction of sp³-hybridized carbons (Fsp3) is 0. The average Bonchev–Trinajstić information content (AvgIpc) is 3.41. The zero-order valence-corrected chi connectivity index (χ0v) is 15.4. The number of thiophene rings is 1. The van der Waals surface area contributed by atoms with Gasteiger partial charge in [0.2, 0.25) is 5.13 Å². The van der Waals surface area contributed by atoms with Crippen LogP contribution >= 0.6 is 22.7 Å². The van der Waals surface area contributed by atoms with Gasteiger partial charge in [-0.15, -0.1) is 11.3 Å². The summed E-state index contributed by atoms with van der Waals surface area (Å²) in [7, 11) is 0. The van der Waals surface area contributed by atoms with E-state index in [2.05, 4.69) is 10.1 Å². The minimum absolute atomic E-state index is 0.347. The van der Waals surface area contributed by atoms with E-state index in [1.807, 2.05) is 17.5 Å². The number of hydrazone groups is 1. The molecule has 0 spiro atoms. The Labute approximate surface area is 161 Å². The second-order valence-corrected chi connectivity index (χ2v) is 7.36. The van der Waals surface area contributed by atoms with Crippen molar-refractivity contribution in [3.05, 3.63) is 76.6 Å². The lowest BCUT2D eigenvalue weighted by Crippen LogP contribution is -2.23. The van der Waals surface area contributed by atoms with Crippen molar-refractivity contribution in [1.29, 1.82) is 0 Å². The molecule has 4 aromatic rings. The molecule has 0 unspecified atom stereocenters. The van der Waals surface area contributed by atoms with Crippen LogP contribution < -0.4 is 5.01 Å². The van der Waals surface area contributed by atoms with Crippen molar-refractivity contribution in [1.82, 2.24) is 4.98 Å². The summed E-state index contributed by atoms with van der Waals surface area (Å²) >= 11 is 2.71. The molecule has 0 atom stereocenters. The molecule has 0 aliphatic heterocycles. The summed E-state index contributed by atoms with van der Waals surface area (Å²) in [4.78, 5) is 18.1. The number of amides is 1. The number of furan rings is 1. The van der Waals surface area contributed by atoms with Gasteiger partial charge in [-0.1, -0.05) is 17.4 Å². The van der Waals surface area contributed by atoms with Gasteiger partial charge in [0.25, 0.3) is 5.91 Å². The molecule has 3 aromatic heterocycles. The lowest BCUT2D eigenvalue weighted by Gasteiger charge is -2.10. The average molecular weight is 397 g/mol. The van der Waals surface area contributed by atoms with Crippen molar-refractivity contribution in [2.24, 2.45) is 5.10 Å². The Morgan fingerprint density at radius 2 is 2.19 bits per heavy atom. The molecule has 3 heterocycles. The van der Waals surface area contributed by atoms with Crippen LogP contribution in [0.2, 0.25) is 0 Å². The van der Waals surface area contributed by atoms with Crippen LogP contribution in [-0.4, -0.2) is 17.1 Å². The van der Waals surface area contributed by atoms with Gasteiger partial charge in [-0.3, -0.25) is 4.79 Å². The molecule has 1 aromatic carbocycles. The molecule has 0 N–H and O–H groups in total. The molecular formula is C19H12FN3O2S2. The van der Waals surface area contributed by atoms with Crippen molar-refractivity contribution < 1.29 is 13.6 Å². The lowest BCUT2D eigenvalue weighted by molar-refractivity contribution is -0.114. The van der Waals surface area contributed by atoms with Gasteiger partial charge in [0.05, 0.1) is 22.7 Å². The monoisotopic (exact) mass is 397 g/mol. The summed E-state index contributed by atoms with van der Waals surface area (Å²) in [6, 6.07) is 11.6. The fourth-order valence-electron chi connectivity index (χ4n) is 2.27. The van der Waals surface area contributed by atoms with Gasteiger partial charge in [-0.05, 0) is 47.9 Å². The number of nitrogens with zero attached hydrogens (tertiary/aromatic N) is 3. The van der Waals surface area contributed by atoms with Gasteiger partial charge < -0.3 is 4.42 Å². The predicted molar refractivity (Wildman–Crippen MR) is 107 cm³/mol. The Morgan fingerprint density at radius 1 is 1.26 bits per heavy atom. The summed E-state index contributed by atoms with van der Waals surface area (Å²) in [6.45, 7) is 0. The molecule has 8 heteroatoms. The smallest absolute Gasteiger partial charge is 0.273 e. The molecule has 0 saturated heterocycles. The fourth-order valence-corrected chi connectivity index (χ4v) is 3.84. The molecule has 0 aliphatic carbocycles. The number of hydrogen-bond acceptors (Lipinski definition) is 6. The molecule has 0 saturated carbocycles. The topological polar surface area (TPSA) is 58.7 Å². The largest absolute Gasteiger partial charge is 0.463 e. The first kappa shape index (κ1) is 17.3. The quantitative estimate of drug-likeness (QED) is 0.265. The number of aromatic nitrogens is 1. The van der Waals surface area contributed by atoms with Crippen LogP contribution in [0.25, 0.3) is 16.3 Å². The number of carbonyl (C=O) groups is 1. The van der Waals surface area contributed by atoms with E-state index in [1.165, 1.54) is 58.4 Å². The van der Waals surface area contributed by atoms with E-state index in [0.29, 0.717) is 21.1 Å². The minimum Gasteiger partial charge on any atom is -0.463 e. The third kappa shape index (κ3) is 4.02. The first-order chi connectivity index (χ1) is 13.2. The molecule has 0 radical (unpaired) electrons. The Kier molecular flexibility index (Phi) is 4.91. The summed E-state index contributed by atoms with van der Waals surface area (Å²) in [5.41, 5.74) is 0.602. The van der Waals surface area contributed by atoms with Gasteiger partial charge in [0, 0.05) is 11.0 Å². The first-order valence-corrected chi connectivity index (χ1v) is 9.58. The van der Waals surface area contributed by atoms with Gasteiger partial charge in [-0.2, -0.15) is 10.1 Å². The SMILES string of the molecule is O=C(/C=C/c1cccs1)N(/N=C\c1ccco1)c1nc2ccc(F)cc2s1. The molecule has 0 fully saturated rings. The lowest BCUT2D eigenvalue weighted by atomic mass is 10.3. The number of carbonyl (C=O) groups excluding carboxylic acids is 1. The number of benzene rings is 1. The maximum atomic E-state index is 13.5. The second kappa shape index (κ2) is 7.65. The highest BCUT2D eigenvalue weighted by Gasteiger charge is 2.17. The van der Waals surface area contributed by atoms with Gasteiger partial charge in [0.1, 0.15) is 11.6 Å². The maximum Gasteiger partial charge on any atom is 0.273 e. The number of hydrogen-bond donors (Lipinski definition) is 0. The number of rotatable bonds is 5.